The molecule has 0 aromatic heterocycles. The lowest BCUT2D eigenvalue weighted by Gasteiger charge is -2.25. The fraction of sp³-hybridized carbons (Fsp3) is 0.250. The third kappa shape index (κ3) is 1.65. The van der Waals surface area contributed by atoms with Crippen molar-refractivity contribution < 1.29 is 9.84 Å². The Hall–Kier alpha value is -1.96. The molecule has 0 spiro atoms. The summed E-state index contributed by atoms with van der Waals surface area (Å²) in [7, 11) is 1.68. The number of benzene rings is 2. The smallest absolute Gasteiger partial charge is 0.119 e. The zero-order valence-electron chi connectivity index (χ0n) is 10.6. The highest BCUT2D eigenvalue weighted by Gasteiger charge is 2.22. The predicted molar refractivity (Wildman–Crippen MR) is 72.2 cm³/mol. The molecule has 0 amide bonds. The minimum atomic E-state index is 0.317. The molecular formula is C16H16O2. The largest absolute Gasteiger partial charge is 0.508 e. The van der Waals surface area contributed by atoms with Crippen LogP contribution in [-0.2, 0) is 6.42 Å². The summed E-state index contributed by atoms with van der Waals surface area (Å²) in [6, 6.07) is 11.8. The molecule has 1 N–H and O–H groups in total. The molecule has 0 saturated carbocycles. The Balaban J connectivity index is 2.25. The van der Waals surface area contributed by atoms with Crippen LogP contribution in [0.3, 0.4) is 0 Å². The van der Waals surface area contributed by atoms with Gasteiger partial charge in [-0.05, 0) is 58.9 Å². The summed E-state index contributed by atoms with van der Waals surface area (Å²) < 4.78 is 5.30. The second-order valence-electron chi connectivity index (χ2n) is 4.90. The average molecular weight is 240 g/mol. The van der Waals surface area contributed by atoms with E-state index in [4.69, 9.17) is 4.74 Å². The van der Waals surface area contributed by atoms with Crippen LogP contribution in [0.15, 0.2) is 36.4 Å². The van der Waals surface area contributed by atoms with Crippen molar-refractivity contribution in [2.75, 3.05) is 7.11 Å². The highest BCUT2D eigenvalue weighted by atomic mass is 16.5. The molecule has 0 aliphatic heterocycles. The van der Waals surface area contributed by atoms with Gasteiger partial charge in [0.1, 0.15) is 11.5 Å². The molecule has 92 valence electrons. The van der Waals surface area contributed by atoms with E-state index in [1.54, 1.807) is 13.2 Å². The summed E-state index contributed by atoms with van der Waals surface area (Å²) in [6.45, 7) is 2.24. The van der Waals surface area contributed by atoms with Gasteiger partial charge >= 0.3 is 0 Å². The van der Waals surface area contributed by atoms with E-state index in [1.165, 1.54) is 16.7 Å². The first-order valence-electron chi connectivity index (χ1n) is 6.19. The number of hydrogen-bond donors (Lipinski definition) is 1. The molecule has 2 aromatic rings. The maximum atomic E-state index is 9.67. The van der Waals surface area contributed by atoms with E-state index in [0.717, 1.165) is 17.7 Å². The van der Waals surface area contributed by atoms with Crippen LogP contribution in [0.1, 0.15) is 24.0 Å². The number of phenols is 1. The number of methoxy groups -OCH3 is 1. The van der Waals surface area contributed by atoms with Crippen LogP contribution >= 0.6 is 0 Å². The summed E-state index contributed by atoms with van der Waals surface area (Å²) in [6.07, 6.45) is 1.02. The molecule has 0 bridgehead atoms. The summed E-state index contributed by atoms with van der Waals surface area (Å²) >= 11 is 0. The Morgan fingerprint density at radius 1 is 1.11 bits per heavy atom. The van der Waals surface area contributed by atoms with Crippen molar-refractivity contribution in [3.8, 4) is 22.6 Å². The van der Waals surface area contributed by atoms with Gasteiger partial charge in [0.25, 0.3) is 0 Å². The molecule has 0 saturated heterocycles. The predicted octanol–water partition coefficient (Wildman–Crippen LogP) is 3.73. The first-order chi connectivity index (χ1) is 8.69. The third-order valence-corrected chi connectivity index (χ3v) is 3.70. The van der Waals surface area contributed by atoms with Crippen molar-refractivity contribution in [2.45, 2.75) is 19.3 Å². The number of fused-ring (bicyclic) bond motifs is 3. The topological polar surface area (TPSA) is 29.5 Å². The minimum absolute atomic E-state index is 0.317. The number of ether oxygens (including phenoxy) is 1. The molecule has 2 heteroatoms. The summed E-state index contributed by atoms with van der Waals surface area (Å²) in [5.74, 6) is 1.68. The zero-order valence-corrected chi connectivity index (χ0v) is 10.6. The quantitative estimate of drug-likeness (QED) is 0.823. The molecule has 2 aromatic carbocycles. The van der Waals surface area contributed by atoms with Crippen LogP contribution in [-0.4, -0.2) is 12.2 Å². The Morgan fingerprint density at radius 3 is 2.72 bits per heavy atom. The van der Waals surface area contributed by atoms with Gasteiger partial charge in [0.15, 0.2) is 0 Å². The highest BCUT2D eigenvalue weighted by Crippen LogP contribution is 2.42. The lowest BCUT2D eigenvalue weighted by atomic mass is 9.79. The molecule has 0 heterocycles. The fourth-order valence-electron chi connectivity index (χ4n) is 2.76. The Morgan fingerprint density at radius 2 is 1.94 bits per heavy atom. The van der Waals surface area contributed by atoms with Crippen LogP contribution in [0.2, 0.25) is 0 Å². The van der Waals surface area contributed by atoms with E-state index >= 15 is 0 Å². The second kappa shape index (κ2) is 4.05. The van der Waals surface area contributed by atoms with Gasteiger partial charge in [-0.25, -0.2) is 0 Å². The van der Waals surface area contributed by atoms with E-state index in [2.05, 4.69) is 19.1 Å². The Kier molecular flexibility index (Phi) is 2.51. The van der Waals surface area contributed by atoms with E-state index in [0.29, 0.717) is 11.7 Å². The number of aromatic hydroxyl groups is 1. The van der Waals surface area contributed by atoms with Crippen LogP contribution in [0.4, 0.5) is 0 Å². The molecule has 18 heavy (non-hydrogen) atoms. The normalized spacial score (nSPS) is 16.9. The standard InChI is InChI=1S/C16H16O2/c1-10-7-11-3-4-12(17)8-15(11)16-9-13(18-2)5-6-14(10)16/h3-6,8-10,17H,7H2,1-2H3. The summed E-state index contributed by atoms with van der Waals surface area (Å²) in [5.41, 5.74) is 4.93. The lowest BCUT2D eigenvalue weighted by molar-refractivity contribution is 0.414. The van der Waals surface area contributed by atoms with Crippen LogP contribution < -0.4 is 4.74 Å². The molecule has 0 radical (unpaired) electrons. The van der Waals surface area contributed by atoms with Gasteiger partial charge in [-0.3, -0.25) is 0 Å². The maximum Gasteiger partial charge on any atom is 0.119 e. The van der Waals surface area contributed by atoms with Crippen molar-refractivity contribution in [1.29, 1.82) is 0 Å². The molecule has 0 fully saturated rings. The van der Waals surface area contributed by atoms with E-state index in [9.17, 15) is 5.11 Å². The summed E-state index contributed by atoms with van der Waals surface area (Å²) in [5, 5.41) is 9.67. The average Bonchev–Trinajstić information content (AvgIpc) is 2.39. The second-order valence-corrected chi connectivity index (χ2v) is 4.90. The van der Waals surface area contributed by atoms with E-state index in [-0.39, 0.29) is 0 Å². The molecule has 2 nitrogen and oxygen atoms in total. The molecule has 1 aliphatic rings. The van der Waals surface area contributed by atoms with Gasteiger partial charge < -0.3 is 9.84 Å². The van der Waals surface area contributed by atoms with Crippen molar-refractivity contribution >= 4 is 0 Å². The molecule has 1 unspecified atom stereocenters. The number of rotatable bonds is 1. The van der Waals surface area contributed by atoms with Gasteiger partial charge in [-0.1, -0.05) is 19.1 Å². The molecule has 3 rings (SSSR count). The Bertz CT molecular complexity index is 602. The maximum absolute atomic E-state index is 9.67. The molecule has 1 atom stereocenters. The van der Waals surface area contributed by atoms with E-state index in [1.807, 2.05) is 18.2 Å². The lowest BCUT2D eigenvalue weighted by Crippen LogP contribution is -2.08. The van der Waals surface area contributed by atoms with Crippen molar-refractivity contribution in [3.05, 3.63) is 47.5 Å². The highest BCUT2D eigenvalue weighted by molar-refractivity contribution is 5.76. The first kappa shape index (κ1) is 11.1. The van der Waals surface area contributed by atoms with Crippen molar-refractivity contribution in [1.82, 2.24) is 0 Å². The van der Waals surface area contributed by atoms with Gasteiger partial charge in [0.05, 0.1) is 7.11 Å². The van der Waals surface area contributed by atoms with Crippen LogP contribution in [0, 0.1) is 0 Å². The van der Waals surface area contributed by atoms with Crippen molar-refractivity contribution in [2.24, 2.45) is 0 Å². The summed E-state index contributed by atoms with van der Waals surface area (Å²) in [4.78, 5) is 0. The van der Waals surface area contributed by atoms with Gasteiger partial charge in [0.2, 0.25) is 0 Å². The molecular weight excluding hydrogens is 224 g/mol. The number of phenolic OH excluding ortho intramolecular Hbond substituents is 1. The zero-order chi connectivity index (χ0) is 12.7. The minimum Gasteiger partial charge on any atom is -0.508 e. The van der Waals surface area contributed by atoms with Crippen LogP contribution in [0.25, 0.3) is 11.1 Å². The number of hydrogen-bond acceptors (Lipinski definition) is 2. The van der Waals surface area contributed by atoms with Crippen LogP contribution in [0.5, 0.6) is 11.5 Å². The SMILES string of the molecule is COc1ccc2c(c1)-c1cc(O)ccc1CC2C. The third-order valence-electron chi connectivity index (χ3n) is 3.70. The van der Waals surface area contributed by atoms with E-state index < -0.39 is 0 Å². The monoisotopic (exact) mass is 240 g/mol. The van der Waals surface area contributed by atoms with Gasteiger partial charge in [0, 0.05) is 0 Å². The van der Waals surface area contributed by atoms with Gasteiger partial charge in [-0.2, -0.15) is 0 Å². The van der Waals surface area contributed by atoms with Gasteiger partial charge in [-0.15, -0.1) is 0 Å². The van der Waals surface area contributed by atoms with Crippen molar-refractivity contribution in [3.63, 3.8) is 0 Å². The Labute approximate surface area is 107 Å². The molecule has 1 aliphatic carbocycles. The fourth-order valence-corrected chi connectivity index (χ4v) is 2.76. The first-order valence-corrected chi connectivity index (χ1v) is 6.19.